The Morgan fingerprint density at radius 3 is 2.43 bits per heavy atom. The second kappa shape index (κ2) is 8.93. The molecule has 1 N–H and O–H groups in total. The zero-order chi connectivity index (χ0) is 23.1. The number of benzene rings is 1. The molecular formula is C20H26BrF3NO3PS. The van der Waals surface area contributed by atoms with Crippen molar-refractivity contribution in [1.82, 2.24) is 5.32 Å². The third-order valence-electron chi connectivity index (χ3n) is 5.12. The summed E-state index contributed by atoms with van der Waals surface area (Å²) < 4.78 is 49.7. The summed E-state index contributed by atoms with van der Waals surface area (Å²) in [7, 11) is 0. The maximum Gasteiger partial charge on any atom is 0.412 e. The zero-order valence-electron chi connectivity index (χ0n) is 17.7. The van der Waals surface area contributed by atoms with E-state index in [9.17, 15) is 18.0 Å². The molecule has 4 nitrogen and oxygen atoms in total. The van der Waals surface area contributed by atoms with Crippen LogP contribution >= 0.6 is 22.4 Å². The largest absolute Gasteiger partial charge is 0.445 e. The molecule has 0 spiro atoms. The van der Waals surface area contributed by atoms with Crippen molar-refractivity contribution in [3.05, 3.63) is 39.1 Å². The molecule has 0 bridgehead atoms. The van der Waals surface area contributed by atoms with Crippen LogP contribution in [-0.2, 0) is 32.1 Å². The van der Waals surface area contributed by atoms with Crippen LogP contribution in [0.15, 0.2) is 22.4 Å². The first-order chi connectivity index (χ1) is 13.6. The molecule has 0 aromatic heterocycles. The summed E-state index contributed by atoms with van der Waals surface area (Å²) in [6, 6.07) is 3.87. The Balaban J connectivity index is 2.69. The SMILES string of the molecule is CCc1cc(C)cc(Br)c1C1=C(OP(C)(=S)OCC(F)(F)F)C(C)(C(C)C)NC1=O. The van der Waals surface area contributed by atoms with E-state index in [0.29, 0.717) is 16.5 Å². The number of carbonyl (C=O) groups excluding carboxylic acids is 1. The van der Waals surface area contributed by atoms with Crippen molar-refractivity contribution in [1.29, 1.82) is 0 Å². The maximum atomic E-state index is 13.1. The minimum absolute atomic E-state index is 0.110. The zero-order valence-corrected chi connectivity index (χ0v) is 21.0. The molecule has 0 saturated carbocycles. The number of rotatable bonds is 7. The first-order valence-corrected chi connectivity index (χ1v) is 13.3. The van der Waals surface area contributed by atoms with Crippen LogP contribution in [-0.4, -0.2) is 30.9 Å². The molecule has 0 saturated heterocycles. The first-order valence-electron chi connectivity index (χ1n) is 9.46. The van der Waals surface area contributed by atoms with Crippen molar-refractivity contribution in [2.75, 3.05) is 13.3 Å². The van der Waals surface area contributed by atoms with Gasteiger partial charge in [0, 0.05) is 16.7 Å². The number of halogens is 4. The highest BCUT2D eigenvalue weighted by Gasteiger charge is 2.48. The number of amides is 1. The molecule has 0 aliphatic carbocycles. The predicted molar refractivity (Wildman–Crippen MR) is 120 cm³/mol. The maximum absolute atomic E-state index is 13.1. The van der Waals surface area contributed by atoms with Gasteiger partial charge >= 0.3 is 6.18 Å². The van der Waals surface area contributed by atoms with E-state index in [1.807, 2.05) is 39.8 Å². The molecule has 0 radical (unpaired) electrons. The monoisotopic (exact) mass is 527 g/mol. The third kappa shape index (κ3) is 5.47. The lowest BCUT2D eigenvalue weighted by atomic mass is 9.86. The summed E-state index contributed by atoms with van der Waals surface area (Å²) in [6.07, 6.45) is -3.87. The van der Waals surface area contributed by atoms with E-state index >= 15 is 0 Å². The van der Waals surface area contributed by atoms with Gasteiger partial charge in [-0.25, -0.2) is 0 Å². The van der Waals surface area contributed by atoms with Crippen LogP contribution in [0.5, 0.6) is 0 Å². The highest BCUT2D eigenvalue weighted by atomic mass is 79.9. The molecule has 30 heavy (non-hydrogen) atoms. The summed E-state index contributed by atoms with van der Waals surface area (Å²) >= 11 is 8.82. The van der Waals surface area contributed by atoms with Crippen LogP contribution in [0, 0.1) is 12.8 Å². The Morgan fingerprint density at radius 2 is 1.93 bits per heavy atom. The summed E-state index contributed by atoms with van der Waals surface area (Å²) in [5.41, 5.74) is 1.93. The van der Waals surface area contributed by atoms with E-state index in [1.165, 1.54) is 6.66 Å². The minimum atomic E-state index is -4.53. The fraction of sp³-hybridized carbons (Fsp3) is 0.550. The van der Waals surface area contributed by atoms with Crippen LogP contribution in [0.1, 0.15) is 44.4 Å². The van der Waals surface area contributed by atoms with Gasteiger partial charge in [-0.1, -0.05) is 42.8 Å². The number of hydrogen-bond donors (Lipinski definition) is 1. The van der Waals surface area contributed by atoms with Crippen molar-refractivity contribution < 1.29 is 27.0 Å². The van der Waals surface area contributed by atoms with Crippen molar-refractivity contribution in [3.8, 4) is 0 Å². The molecule has 2 atom stereocenters. The van der Waals surface area contributed by atoms with Gasteiger partial charge in [-0.05, 0) is 55.2 Å². The second-order valence-electron chi connectivity index (χ2n) is 7.90. The summed E-state index contributed by atoms with van der Waals surface area (Å²) in [5, 5.41) is 2.95. The van der Waals surface area contributed by atoms with E-state index in [0.717, 1.165) is 11.1 Å². The van der Waals surface area contributed by atoms with Crippen molar-refractivity contribution in [2.45, 2.75) is 52.8 Å². The Morgan fingerprint density at radius 1 is 1.33 bits per heavy atom. The normalized spacial score (nSPS) is 21.8. The van der Waals surface area contributed by atoms with Crippen molar-refractivity contribution >= 4 is 45.7 Å². The highest BCUT2D eigenvalue weighted by molar-refractivity contribution is 9.10. The van der Waals surface area contributed by atoms with E-state index in [4.69, 9.17) is 20.9 Å². The Kier molecular flexibility index (Phi) is 7.55. The van der Waals surface area contributed by atoms with Gasteiger partial charge in [-0.3, -0.25) is 4.79 Å². The molecule has 1 heterocycles. The lowest BCUT2D eigenvalue weighted by Gasteiger charge is -2.34. The molecule has 0 fully saturated rings. The molecule has 2 unspecified atom stereocenters. The number of carbonyl (C=O) groups is 1. The Bertz CT molecular complexity index is 933. The van der Waals surface area contributed by atoms with Gasteiger partial charge < -0.3 is 14.4 Å². The molecule has 168 valence electrons. The molecule has 1 aromatic carbocycles. The molecule has 2 rings (SSSR count). The highest BCUT2D eigenvalue weighted by Crippen LogP contribution is 2.53. The summed E-state index contributed by atoms with van der Waals surface area (Å²) in [6.45, 7) is 5.99. The number of alkyl halides is 3. The topological polar surface area (TPSA) is 47.6 Å². The average molecular weight is 528 g/mol. The molecule has 1 aromatic rings. The fourth-order valence-electron chi connectivity index (χ4n) is 3.25. The quantitative estimate of drug-likeness (QED) is 0.434. The molecule has 1 aliphatic rings. The van der Waals surface area contributed by atoms with Crippen molar-refractivity contribution in [3.63, 3.8) is 0 Å². The van der Waals surface area contributed by atoms with Crippen LogP contribution < -0.4 is 5.32 Å². The summed E-state index contributed by atoms with van der Waals surface area (Å²) in [5.74, 6) is -0.234. The second-order valence-corrected chi connectivity index (χ2v) is 12.7. The van der Waals surface area contributed by atoms with E-state index in [-0.39, 0.29) is 23.2 Å². The lowest BCUT2D eigenvalue weighted by Crippen LogP contribution is -2.46. The van der Waals surface area contributed by atoms with Crippen LogP contribution in [0.3, 0.4) is 0 Å². The number of nitrogens with one attached hydrogen (secondary N) is 1. The Labute approximate surface area is 188 Å². The van der Waals surface area contributed by atoms with Crippen molar-refractivity contribution in [2.24, 2.45) is 5.92 Å². The van der Waals surface area contributed by atoms with Gasteiger partial charge in [-0.2, -0.15) is 13.2 Å². The van der Waals surface area contributed by atoms with Gasteiger partial charge in [0.25, 0.3) is 5.91 Å². The standard InChI is InChI=1S/C20H26BrF3NO3PS/c1-7-13-8-12(4)9-14(21)15(13)16-17(19(5,11(2)3)25-18(16)26)28-29(6,30)27-10-20(22,23)24/h8-9,11H,7,10H2,1-6H3,(H,25,26). The minimum Gasteiger partial charge on any atom is -0.445 e. The first kappa shape index (κ1) is 25.4. The van der Waals surface area contributed by atoms with E-state index < -0.39 is 24.8 Å². The molecular weight excluding hydrogens is 502 g/mol. The fourth-order valence-corrected chi connectivity index (χ4v) is 5.49. The van der Waals surface area contributed by atoms with E-state index in [1.54, 1.807) is 6.92 Å². The summed E-state index contributed by atoms with van der Waals surface area (Å²) in [4.78, 5) is 13.1. The van der Waals surface area contributed by atoms with Gasteiger partial charge in [0.15, 0.2) is 6.61 Å². The van der Waals surface area contributed by atoms with Gasteiger partial charge in [0.05, 0.1) is 11.1 Å². The molecule has 1 amide bonds. The Hall–Kier alpha value is -0.890. The van der Waals surface area contributed by atoms with Crippen LogP contribution in [0.25, 0.3) is 5.57 Å². The third-order valence-corrected chi connectivity index (χ3v) is 7.40. The average Bonchev–Trinajstić information content (AvgIpc) is 2.83. The lowest BCUT2D eigenvalue weighted by molar-refractivity contribution is -0.153. The predicted octanol–water partition coefficient (Wildman–Crippen LogP) is 6.11. The van der Waals surface area contributed by atoms with Crippen LogP contribution in [0.2, 0.25) is 0 Å². The van der Waals surface area contributed by atoms with Gasteiger partial charge in [-0.15, -0.1) is 0 Å². The molecule has 10 heteroatoms. The number of hydrogen-bond acceptors (Lipinski definition) is 4. The smallest absolute Gasteiger partial charge is 0.412 e. The van der Waals surface area contributed by atoms with Crippen LogP contribution in [0.4, 0.5) is 13.2 Å². The van der Waals surface area contributed by atoms with Gasteiger partial charge in [0.1, 0.15) is 5.76 Å². The van der Waals surface area contributed by atoms with Gasteiger partial charge in [0.2, 0.25) is 6.49 Å². The number of aryl methyl sites for hydroxylation is 2. The molecule has 1 aliphatic heterocycles. The van der Waals surface area contributed by atoms with E-state index in [2.05, 4.69) is 21.2 Å².